The van der Waals surface area contributed by atoms with E-state index in [0.29, 0.717) is 13.2 Å². The fraction of sp³-hybridized carbons (Fsp3) is 0.400. The summed E-state index contributed by atoms with van der Waals surface area (Å²) in [5, 5.41) is 0.198. The lowest BCUT2D eigenvalue weighted by molar-refractivity contribution is 0.257. The van der Waals surface area contributed by atoms with E-state index in [-0.39, 0.29) is 5.04 Å². The SMILES string of the molecule is CC(C)(C)[Si](C)(C)OCc1cc(Br)ccc1OCc1ccccc1. The Hall–Kier alpha value is -1.10. The first-order chi connectivity index (χ1) is 11.2. The molecule has 130 valence electrons. The van der Waals surface area contributed by atoms with E-state index in [2.05, 4.69) is 68.0 Å². The first kappa shape index (κ1) is 19.2. The van der Waals surface area contributed by atoms with Crippen LogP contribution in [0.15, 0.2) is 53.0 Å². The van der Waals surface area contributed by atoms with Crippen LogP contribution in [-0.2, 0) is 17.6 Å². The molecule has 0 aliphatic rings. The summed E-state index contributed by atoms with van der Waals surface area (Å²) in [7, 11) is -1.79. The number of hydrogen-bond acceptors (Lipinski definition) is 2. The third kappa shape index (κ3) is 5.20. The van der Waals surface area contributed by atoms with Crippen molar-refractivity contribution in [3.63, 3.8) is 0 Å². The maximum atomic E-state index is 6.37. The first-order valence-corrected chi connectivity index (χ1v) is 12.0. The zero-order chi connectivity index (χ0) is 17.8. The molecule has 2 rings (SSSR count). The van der Waals surface area contributed by atoms with Crippen molar-refractivity contribution in [1.82, 2.24) is 0 Å². The van der Waals surface area contributed by atoms with Crippen LogP contribution in [0.2, 0.25) is 18.1 Å². The molecular formula is C20H27BrO2Si. The van der Waals surface area contributed by atoms with Crippen LogP contribution in [0.5, 0.6) is 5.75 Å². The second-order valence-corrected chi connectivity index (χ2v) is 13.3. The number of halogens is 1. The minimum Gasteiger partial charge on any atom is -0.489 e. The van der Waals surface area contributed by atoms with Crippen LogP contribution in [0.1, 0.15) is 31.9 Å². The zero-order valence-corrected chi connectivity index (χ0v) is 17.8. The van der Waals surface area contributed by atoms with Gasteiger partial charge in [0.2, 0.25) is 0 Å². The molecule has 2 nitrogen and oxygen atoms in total. The highest BCUT2D eigenvalue weighted by molar-refractivity contribution is 9.10. The van der Waals surface area contributed by atoms with Gasteiger partial charge in [-0.1, -0.05) is 67.0 Å². The molecule has 2 aromatic rings. The van der Waals surface area contributed by atoms with Crippen LogP contribution < -0.4 is 4.74 Å². The number of ether oxygens (including phenoxy) is 1. The summed E-state index contributed by atoms with van der Waals surface area (Å²) in [4.78, 5) is 0. The molecule has 0 heterocycles. The van der Waals surface area contributed by atoms with E-state index >= 15 is 0 Å². The Kier molecular flexibility index (Phi) is 6.29. The average Bonchev–Trinajstić information content (AvgIpc) is 2.52. The molecule has 0 saturated heterocycles. The number of hydrogen-bond donors (Lipinski definition) is 0. The smallest absolute Gasteiger partial charge is 0.192 e. The lowest BCUT2D eigenvalue weighted by Gasteiger charge is -2.36. The Morgan fingerprint density at radius 3 is 2.25 bits per heavy atom. The Balaban J connectivity index is 2.10. The Bertz CT molecular complexity index is 663. The second kappa shape index (κ2) is 7.85. The largest absolute Gasteiger partial charge is 0.489 e. The highest BCUT2D eigenvalue weighted by atomic mass is 79.9. The minimum atomic E-state index is -1.79. The van der Waals surface area contributed by atoms with Gasteiger partial charge >= 0.3 is 0 Å². The van der Waals surface area contributed by atoms with E-state index in [1.807, 2.05) is 30.3 Å². The van der Waals surface area contributed by atoms with Gasteiger partial charge in [-0.25, -0.2) is 0 Å². The molecule has 2 aromatic carbocycles. The highest BCUT2D eigenvalue weighted by Crippen LogP contribution is 2.37. The topological polar surface area (TPSA) is 18.5 Å². The van der Waals surface area contributed by atoms with Gasteiger partial charge in [0.1, 0.15) is 12.4 Å². The van der Waals surface area contributed by atoms with Crippen molar-refractivity contribution in [3.05, 3.63) is 64.1 Å². The van der Waals surface area contributed by atoms with Gasteiger partial charge in [0.25, 0.3) is 0 Å². The summed E-state index contributed by atoms with van der Waals surface area (Å²) >= 11 is 3.55. The second-order valence-electron chi connectivity index (χ2n) is 7.58. The van der Waals surface area contributed by atoms with Gasteiger partial charge in [-0.3, -0.25) is 0 Å². The molecule has 0 aromatic heterocycles. The first-order valence-electron chi connectivity index (χ1n) is 8.28. The van der Waals surface area contributed by atoms with Crippen molar-refractivity contribution >= 4 is 24.2 Å². The summed E-state index contributed by atoms with van der Waals surface area (Å²) < 4.78 is 13.5. The summed E-state index contributed by atoms with van der Waals surface area (Å²) in [6.07, 6.45) is 0. The van der Waals surface area contributed by atoms with Crippen LogP contribution in [0.3, 0.4) is 0 Å². The Labute approximate surface area is 155 Å². The molecule has 0 amide bonds. The molecule has 0 bridgehead atoms. The predicted molar refractivity (Wildman–Crippen MR) is 107 cm³/mol. The molecule has 0 aliphatic carbocycles. The van der Waals surface area contributed by atoms with Crippen molar-refractivity contribution in [3.8, 4) is 5.75 Å². The van der Waals surface area contributed by atoms with Crippen molar-refractivity contribution in [2.24, 2.45) is 0 Å². The molecule has 0 unspecified atom stereocenters. The third-order valence-corrected chi connectivity index (χ3v) is 9.63. The molecule has 0 aliphatic heterocycles. The average molecular weight is 407 g/mol. The molecule has 4 heteroatoms. The van der Waals surface area contributed by atoms with Gasteiger partial charge in [-0.05, 0) is 41.9 Å². The summed E-state index contributed by atoms with van der Waals surface area (Å²) in [5.74, 6) is 0.890. The quantitative estimate of drug-likeness (QED) is 0.506. The fourth-order valence-corrected chi connectivity index (χ4v) is 3.37. The van der Waals surface area contributed by atoms with Crippen LogP contribution in [0, 0.1) is 0 Å². The summed E-state index contributed by atoms with van der Waals surface area (Å²) in [5.41, 5.74) is 2.25. The maximum Gasteiger partial charge on any atom is 0.192 e. The monoisotopic (exact) mass is 406 g/mol. The normalized spacial score (nSPS) is 12.2. The van der Waals surface area contributed by atoms with Crippen molar-refractivity contribution < 1.29 is 9.16 Å². The lowest BCUT2D eigenvalue weighted by atomic mass is 10.2. The van der Waals surface area contributed by atoms with Crippen LogP contribution >= 0.6 is 15.9 Å². The standard InChI is InChI=1S/C20H27BrO2Si/c1-20(2,3)24(4,5)23-15-17-13-18(21)11-12-19(17)22-14-16-9-7-6-8-10-16/h6-13H,14-15H2,1-5H3. The number of benzene rings is 2. The molecule has 0 spiro atoms. The van der Waals surface area contributed by atoms with Gasteiger partial charge in [-0.2, -0.15) is 0 Å². The van der Waals surface area contributed by atoms with Gasteiger partial charge in [0, 0.05) is 10.0 Å². The van der Waals surface area contributed by atoms with Crippen molar-refractivity contribution in [2.75, 3.05) is 0 Å². The Morgan fingerprint density at radius 2 is 1.62 bits per heavy atom. The van der Waals surface area contributed by atoms with Gasteiger partial charge in [-0.15, -0.1) is 0 Å². The molecule has 0 saturated carbocycles. The van der Waals surface area contributed by atoms with Gasteiger partial charge < -0.3 is 9.16 Å². The minimum absolute atomic E-state index is 0.198. The molecule has 0 radical (unpaired) electrons. The van der Waals surface area contributed by atoms with Crippen LogP contribution in [-0.4, -0.2) is 8.32 Å². The van der Waals surface area contributed by atoms with Crippen molar-refractivity contribution in [2.45, 2.75) is 52.1 Å². The van der Waals surface area contributed by atoms with Crippen molar-refractivity contribution in [1.29, 1.82) is 0 Å². The Morgan fingerprint density at radius 1 is 0.958 bits per heavy atom. The highest BCUT2D eigenvalue weighted by Gasteiger charge is 2.37. The molecule has 0 N–H and O–H groups in total. The van der Waals surface area contributed by atoms with Gasteiger partial charge in [0.05, 0.1) is 6.61 Å². The summed E-state index contributed by atoms with van der Waals surface area (Å²) in [6, 6.07) is 16.3. The predicted octanol–water partition coefficient (Wildman–Crippen LogP) is 6.55. The molecule has 24 heavy (non-hydrogen) atoms. The van der Waals surface area contributed by atoms with Crippen LogP contribution in [0.25, 0.3) is 0 Å². The summed E-state index contributed by atoms with van der Waals surface area (Å²) in [6.45, 7) is 12.5. The maximum absolute atomic E-state index is 6.37. The third-order valence-electron chi connectivity index (χ3n) is 4.65. The molecule has 0 fully saturated rings. The van der Waals surface area contributed by atoms with E-state index in [9.17, 15) is 0 Å². The lowest BCUT2D eigenvalue weighted by Crippen LogP contribution is -2.40. The van der Waals surface area contributed by atoms with E-state index in [1.165, 1.54) is 0 Å². The van der Waals surface area contributed by atoms with E-state index < -0.39 is 8.32 Å². The van der Waals surface area contributed by atoms with Gasteiger partial charge in [0.15, 0.2) is 8.32 Å². The van der Waals surface area contributed by atoms with E-state index in [4.69, 9.17) is 9.16 Å². The van der Waals surface area contributed by atoms with E-state index in [1.54, 1.807) is 0 Å². The van der Waals surface area contributed by atoms with Crippen LogP contribution in [0.4, 0.5) is 0 Å². The number of rotatable bonds is 6. The fourth-order valence-electron chi connectivity index (χ4n) is 2.01. The molecular weight excluding hydrogens is 380 g/mol. The van der Waals surface area contributed by atoms with E-state index in [0.717, 1.165) is 21.3 Å². The zero-order valence-electron chi connectivity index (χ0n) is 15.2. The molecule has 0 atom stereocenters.